The lowest BCUT2D eigenvalue weighted by molar-refractivity contribution is -0.145. The number of nitrogens with one attached hydrogen (secondary N) is 2. The second kappa shape index (κ2) is 28.3. The number of rotatable bonds is 29. The summed E-state index contributed by atoms with van der Waals surface area (Å²) in [5.41, 5.74) is 13.5. The van der Waals surface area contributed by atoms with Gasteiger partial charge in [-0.15, -0.1) is 0 Å². The van der Waals surface area contributed by atoms with E-state index in [1.54, 1.807) is 23.5 Å². The summed E-state index contributed by atoms with van der Waals surface area (Å²) in [6.07, 6.45) is 0.858. The molecule has 1 aromatic rings. The average Bonchev–Trinajstić information content (AvgIpc) is 3.09. The quantitative estimate of drug-likeness (QED) is 0.0687. The number of carbonyl (C=O) groups is 4. The second-order valence-corrected chi connectivity index (χ2v) is 15.0. The third kappa shape index (κ3) is 21.8. The number of hydrogen-bond donors (Lipinski definition) is 4. The predicted octanol–water partition coefficient (Wildman–Crippen LogP) is 3.96. The monoisotopic (exact) mass is 742 g/mol. The van der Waals surface area contributed by atoms with E-state index in [-0.39, 0.29) is 62.6 Å². The molecule has 0 aliphatic rings. The Morgan fingerprint density at radius 1 is 0.720 bits per heavy atom. The summed E-state index contributed by atoms with van der Waals surface area (Å²) in [6, 6.07) is 8.45. The van der Waals surface area contributed by atoms with Gasteiger partial charge in [0.05, 0.1) is 25.2 Å². The van der Waals surface area contributed by atoms with E-state index in [4.69, 9.17) is 30.4 Å². The van der Waals surface area contributed by atoms with E-state index in [2.05, 4.69) is 24.5 Å². The summed E-state index contributed by atoms with van der Waals surface area (Å²) in [6.45, 7) is 10.5. The number of nitrogens with two attached hydrogens (primary N) is 2. The van der Waals surface area contributed by atoms with Gasteiger partial charge in [-0.3, -0.25) is 19.2 Å². The lowest BCUT2D eigenvalue weighted by Crippen LogP contribution is -2.50. The van der Waals surface area contributed by atoms with Gasteiger partial charge in [-0.2, -0.15) is 23.5 Å². The van der Waals surface area contributed by atoms with Crippen molar-refractivity contribution in [3.05, 3.63) is 35.9 Å². The molecule has 0 fully saturated rings. The number of hydrogen-bond acceptors (Lipinski definition) is 12. The van der Waals surface area contributed by atoms with Crippen molar-refractivity contribution in [3.63, 3.8) is 0 Å². The molecule has 0 spiro atoms. The van der Waals surface area contributed by atoms with Crippen molar-refractivity contribution in [1.82, 2.24) is 10.6 Å². The summed E-state index contributed by atoms with van der Waals surface area (Å²) >= 11 is 3.51. The van der Waals surface area contributed by atoms with Gasteiger partial charge in [-0.1, -0.05) is 44.2 Å². The van der Waals surface area contributed by atoms with Gasteiger partial charge in [0, 0.05) is 31.6 Å². The van der Waals surface area contributed by atoms with E-state index in [0.29, 0.717) is 38.6 Å². The van der Waals surface area contributed by atoms with E-state index in [1.165, 1.54) is 0 Å². The summed E-state index contributed by atoms with van der Waals surface area (Å²) in [7, 11) is 0. The highest BCUT2D eigenvalue weighted by Gasteiger charge is 2.29. The number of thioether (sulfide) groups is 2. The van der Waals surface area contributed by atoms with Crippen LogP contribution in [0.15, 0.2) is 30.3 Å². The van der Waals surface area contributed by atoms with Crippen LogP contribution >= 0.6 is 23.5 Å². The van der Waals surface area contributed by atoms with E-state index in [9.17, 15) is 19.2 Å². The Hall–Kier alpha value is -2.36. The SMILES string of the molecule is CCSCC[C@@H](N)C(OC(C)C)C(=O)NCCCC(=O)OCCCC(C)OC(C(=O)NCCC(=O)OCc1ccccc1)[C@H](N)CCSCC. The summed E-state index contributed by atoms with van der Waals surface area (Å²) in [4.78, 5) is 50.3. The third-order valence-corrected chi connectivity index (χ3v) is 9.30. The first-order valence-corrected chi connectivity index (χ1v) is 20.2. The van der Waals surface area contributed by atoms with Gasteiger partial charge in [0.1, 0.15) is 6.61 Å². The van der Waals surface area contributed by atoms with Gasteiger partial charge in [0.15, 0.2) is 12.2 Å². The Balaban J connectivity index is 2.42. The van der Waals surface area contributed by atoms with Gasteiger partial charge in [-0.25, -0.2) is 0 Å². The molecule has 0 aliphatic carbocycles. The van der Waals surface area contributed by atoms with Crippen molar-refractivity contribution in [1.29, 1.82) is 0 Å². The lowest BCUT2D eigenvalue weighted by Gasteiger charge is -2.27. The summed E-state index contributed by atoms with van der Waals surface area (Å²) in [5.74, 6) is 2.17. The van der Waals surface area contributed by atoms with Gasteiger partial charge < -0.3 is 41.0 Å². The lowest BCUT2D eigenvalue weighted by atomic mass is 10.1. The molecule has 0 aromatic heterocycles. The van der Waals surface area contributed by atoms with Crippen LogP contribution in [0.25, 0.3) is 0 Å². The molecule has 2 amide bonds. The molecule has 0 radical (unpaired) electrons. The number of esters is 2. The fraction of sp³-hybridized carbons (Fsp3) is 0.722. The van der Waals surface area contributed by atoms with Crippen LogP contribution in [0, 0.1) is 0 Å². The van der Waals surface area contributed by atoms with Gasteiger partial charge >= 0.3 is 11.9 Å². The molecule has 0 saturated heterocycles. The fourth-order valence-electron chi connectivity index (χ4n) is 4.73. The molecule has 14 heteroatoms. The first-order valence-electron chi connectivity index (χ1n) is 17.9. The van der Waals surface area contributed by atoms with E-state index < -0.39 is 30.3 Å². The van der Waals surface area contributed by atoms with Crippen molar-refractivity contribution in [2.45, 2.75) is 123 Å². The van der Waals surface area contributed by atoms with Crippen LogP contribution < -0.4 is 22.1 Å². The third-order valence-electron chi connectivity index (χ3n) is 7.44. The minimum atomic E-state index is -0.893. The van der Waals surface area contributed by atoms with E-state index in [0.717, 1.165) is 28.6 Å². The molecule has 50 heavy (non-hydrogen) atoms. The zero-order chi connectivity index (χ0) is 37.1. The normalized spacial score (nSPS) is 14.3. The maximum absolute atomic E-state index is 13.1. The van der Waals surface area contributed by atoms with Crippen molar-refractivity contribution < 1.29 is 38.1 Å². The molecule has 286 valence electrons. The zero-order valence-electron chi connectivity index (χ0n) is 30.7. The van der Waals surface area contributed by atoms with Gasteiger partial charge in [-0.05, 0) is 81.5 Å². The van der Waals surface area contributed by atoms with Crippen molar-refractivity contribution >= 4 is 47.3 Å². The predicted molar refractivity (Wildman–Crippen MR) is 202 cm³/mol. The second-order valence-electron chi connectivity index (χ2n) is 12.2. The zero-order valence-corrected chi connectivity index (χ0v) is 32.3. The number of carbonyl (C=O) groups excluding carboxylic acids is 4. The molecule has 0 heterocycles. The highest BCUT2D eigenvalue weighted by atomic mass is 32.2. The number of ether oxygens (including phenoxy) is 4. The van der Waals surface area contributed by atoms with E-state index in [1.807, 2.05) is 51.1 Å². The molecule has 6 N–H and O–H groups in total. The number of benzene rings is 1. The minimum Gasteiger partial charge on any atom is -0.466 e. The smallest absolute Gasteiger partial charge is 0.307 e. The largest absolute Gasteiger partial charge is 0.466 e. The van der Waals surface area contributed by atoms with Crippen LogP contribution in [0.4, 0.5) is 0 Å². The molecule has 1 rings (SSSR count). The highest BCUT2D eigenvalue weighted by molar-refractivity contribution is 7.99. The Labute approximate surface area is 308 Å². The van der Waals surface area contributed by atoms with Crippen LogP contribution in [0.5, 0.6) is 0 Å². The summed E-state index contributed by atoms with van der Waals surface area (Å²) < 4.78 is 22.6. The Morgan fingerprint density at radius 3 is 1.86 bits per heavy atom. The Kier molecular flexibility index (Phi) is 25.8. The molecule has 5 atom stereocenters. The molecule has 0 saturated carbocycles. The topological polar surface area (TPSA) is 181 Å². The van der Waals surface area contributed by atoms with Crippen LogP contribution in [-0.2, 0) is 44.7 Å². The standard InChI is InChI=1S/C36H62N4O8S2/c1-6-49-23-18-29(37)33(47-26(3)4)35(43)39-20-11-16-31(41)45-22-12-13-27(5)48-34(30(38)19-24-50-7-2)36(44)40-21-17-32(42)46-25-28-14-9-8-10-15-28/h8-10,14-15,26-27,29-30,33-34H,6-7,11-13,16-25,37-38H2,1-5H3,(H,39,43)(H,40,44)/t27?,29-,30-,33?,34?/m1/s1. The molecule has 12 nitrogen and oxygen atoms in total. The van der Waals surface area contributed by atoms with Crippen LogP contribution in [0.1, 0.15) is 85.1 Å². The maximum Gasteiger partial charge on any atom is 0.307 e. The molecule has 0 aliphatic heterocycles. The molecular weight excluding hydrogens is 681 g/mol. The minimum absolute atomic E-state index is 0.0270. The highest BCUT2D eigenvalue weighted by Crippen LogP contribution is 2.14. The Bertz CT molecular complexity index is 1090. The number of amides is 2. The van der Waals surface area contributed by atoms with Crippen molar-refractivity contribution in [3.8, 4) is 0 Å². The summed E-state index contributed by atoms with van der Waals surface area (Å²) in [5, 5.41) is 5.61. The first kappa shape index (κ1) is 45.7. The first-order chi connectivity index (χ1) is 24.0. The molecule has 1 aromatic carbocycles. The van der Waals surface area contributed by atoms with E-state index >= 15 is 0 Å². The van der Waals surface area contributed by atoms with Crippen LogP contribution in [0.2, 0.25) is 0 Å². The van der Waals surface area contributed by atoms with Crippen LogP contribution in [-0.4, -0.2) is 103 Å². The molecular formula is C36H62N4O8S2. The Morgan fingerprint density at radius 2 is 1.28 bits per heavy atom. The van der Waals surface area contributed by atoms with Crippen molar-refractivity contribution in [2.24, 2.45) is 11.5 Å². The van der Waals surface area contributed by atoms with Gasteiger partial charge in [0.25, 0.3) is 11.8 Å². The van der Waals surface area contributed by atoms with Gasteiger partial charge in [0.2, 0.25) is 0 Å². The fourth-order valence-corrected chi connectivity index (χ4v) is 6.18. The average molecular weight is 743 g/mol. The van der Waals surface area contributed by atoms with Crippen molar-refractivity contribution in [2.75, 3.05) is 42.7 Å². The van der Waals surface area contributed by atoms with Crippen LogP contribution in [0.3, 0.4) is 0 Å². The maximum atomic E-state index is 13.1. The molecule has 0 bridgehead atoms. The molecule has 3 unspecified atom stereocenters.